The lowest BCUT2D eigenvalue weighted by atomic mass is 10.1. The highest BCUT2D eigenvalue weighted by Gasteiger charge is 2.14. The quantitative estimate of drug-likeness (QED) is 0.850. The molecule has 17 heavy (non-hydrogen) atoms. The van der Waals surface area contributed by atoms with Crippen LogP contribution in [0.5, 0.6) is 0 Å². The van der Waals surface area contributed by atoms with Crippen LogP contribution in [0.25, 0.3) is 0 Å². The van der Waals surface area contributed by atoms with Gasteiger partial charge in [0, 0.05) is 24.5 Å². The van der Waals surface area contributed by atoms with Crippen LogP contribution in [0.2, 0.25) is 0 Å². The van der Waals surface area contributed by atoms with E-state index in [1.165, 1.54) is 0 Å². The van der Waals surface area contributed by atoms with Gasteiger partial charge < -0.3 is 10.6 Å². The number of rotatable bonds is 5. The van der Waals surface area contributed by atoms with Crippen LogP contribution in [0.3, 0.4) is 0 Å². The number of aromatic nitrogens is 2. The Hall–Kier alpha value is -1.16. The predicted molar refractivity (Wildman–Crippen MR) is 72.4 cm³/mol. The summed E-state index contributed by atoms with van der Waals surface area (Å²) in [7, 11) is 2.03. The first-order chi connectivity index (χ1) is 7.95. The van der Waals surface area contributed by atoms with Gasteiger partial charge in [-0.1, -0.05) is 13.8 Å². The SMILES string of the molecule is Cc1cc(C(C)C)nc(N(C)C(C)CCN)n1. The minimum atomic E-state index is 0.363. The van der Waals surface area contributed by atoms with E-state index in [1.807, 2.05) is 14.0 Å². The summed E-state index contributed by atoms with van der Waals surface area (Å²) in [6.07, 6.45) is 0.949. The van der Waals surface area contributed by atoms with E-state index in [0.717, 1.165) is 23.8 Å². The highest BCUT2D eigenvalue weighted by molar-refractivity contribution is 5.33. The number of hydrogen-bond donors (Lipinski definition) is 1. The van der Waals surface area contributed by atoms with E-state index < -0.39 is 0 Å². The summed E-state index contributed by atoms with van der Waals surface area (Å²) >= 11 is 0. The molecule has 96 valence electrons. The summed E-state index contributed by atoms with van der Waals surface area (Å²) in [5.74, 6) is 1.23. The van der Waals surface area contributed by atoms with Crippen LogP contribution in [-0.4, -0.2) is 29.6 Å². The minimum Gasteiger partial charge on any atom is -0.341 e. The molecule has 4 nitrogen and oxygen atoms in total. The highest BCUT2D eigenvalue weighted by atomic mass is 15.2. The van der Waals surface area contributed by atoms with Crippen molar-refractivity contribution in [3.05, 3.63) is 17.5 Å². The largest absolute Gasteiger partial charge is 0.341 e. The molecule has 4 heteroatoms. The predicted octanol–water partition coefficient (Wildman–Crippen LogP) is 2.08. The number of nitrogens with zero attached hydrogens (tertiary/aromatic N) is 3. The zero-order chi connectivity index (χ0) is 13.0. The van der Waals surface area contributed by atoms with Crippen molar-refractivity contribution in [3.63, 3.8) is 0 Å². The molecule has 1 aromatic heterocycles. The summed E-state index contributed by atoms with van der Waals surface area (Å²) in [6, 6.07) is 2.41. The summed E-state index contributed by atoms with van der Waals surface area (Å²) in [4.78, 5) is 11.2. The molecule has 0 fully saturated rings. The van der Waals surface area contributed by atoms with Gasteiger partial charge in [-0.15, -0.1) is 0 Å². The van der Waals surface area contributed by atoms with Crippen LogP contribution in [0.4, 0.5) is 5.95 Å². The lowest BCUT2D eigenvalue weighted by Gasteiger charge is -2.25. The molecule has 0 aliphatic carbocycles. The van der Waals surface area contributed by atoms with Gasteiger partial charge in [0.05, 0.1) is 0 Å². The van der Waals surface area contributed by atoms with Gasteiger partial charge in [0.25, 0.3) is 0 Å². The van der Waals surface area contributed by atoms with Gasteiger partial charge in [-0.05, 0) is 38.8 Å². The molecule has 0 aliphatic heterocycles. The molecule has 0 aromatic carbocycles. The van der Waals surface area contributed by atoms with Gasteiger partial charge >= 0.3 is 0 Å². The molecule has 1 atom stereocenters. The van der Waals surface area contributed by atoms with Gasteiger partial charge in [-0.25, -0.2) is 9.97 Å². The van der Waals surface area contributed by atoms with E-state index >= 15 is 0 Å². The van der Waals surface area contributed by atoms with E-state index in [0.29, 0.717) is 18.5 Å². The average molecular weight is 236 g/mol. The summed E-state index contributed by atoms with van der Waals surface area (Å²) in [6.45, 7) is 9.14. The maximum absolute atomic E-state index is 5.59. The second kappa shape index (κ2) is 5.96. The molecule has 0 saturated heterocycles. The van der Waals surface area contributed by atoms with Crippen molar-refractivity contribution in [3.8, 4) is 0 Å². The van der Waals surface area contributed by atoms with E-state index in [9.17, 15) is 0 Å². The molecule has 1 aromatic rings. The van der Waals surface area contributed by atoms with Crippen molar-refractivity contribution in [2.75, 3.05) is 18.5 Å². The number of anilines is 1. The molecule has 1 heterocycles. The third-order valence-corrected chi connectivity index (χ3v) is 3.01. The van der Waals surface area contributed by atoms with Gasteiger partial charge in [0.15, 0.2) is 0 Å². The molecule has 0 saturated carbocycles. The standard InChI is InChI=1S/C13H24N4/c1-9(2)12-8-10(3)15-13(16-12)17(5)11(4)6-7-14/h8-9,11H,6-7,14H2,1-5H3. The maximum atomic E-state index is 5.59. The van der Waals surface area contributed by atoms with Crippen LogP contribution in [0.1, 0.15) is 44.5 Å². The molecule has 0 aliphatic rings. The second-order valence-corrected chi connectivity index (χ2v) is 4.93. The zero-order valence-electron chi connectivity index (χ0n) is 11.6. The normalized spacial score (nSPS) is 12.9. The zero-order valence-corrected chi connectivity index (χ0v) is 11.6. The average Bonchev–Trinajstić information content (AvgIpc) is 2.27. The Bertz CT molecular complexity index is 362. The molecule has 1 rings (SSSR count). The first-order valence-electron chi connectivity index (χ1n) is 6.24. The Morgan fingerprint density at radius 2 is 1.94 bits per heavy atom. The molecule has 0 amide bonds. The fraction of sp³-hybridized carbons (Fsp3) is 0.692. The summed E-state index contributed by atoms with van der Waals surface area (Å²) < 4.78 is 0. The third-order valence-electron chi connectivity index (χ3n) is 3.01. The Morgan fingerprint density at radius 1 is 1.29 bits per heavy atom. The first-order valence-corrected chi connectivity index (χ1v) is 6.24. The van der Waals surface area contributed by atoms with E-state index in [1.54, 1.807) is 0 Å². The summed E-state index contributed by atoms with van der Waals surface area (Å²) in [5.41, 5.74) is 7.70. The Kier molecular flexibility index (Phi) is 4.87. The van der Waals surface area contributed by atoms with Gasteiger partial charge in [0.2, 0.25) is 5.95 Å². The van der Waals surface area contributed by atoms with E-state index in [4.69, 9.17) is 5.73 Å². The summed E-state index contributed by atoms with van der Waals surface area (Å²) in [5, 5.41) is 0. The van der Waals surface area contributed by atoms with Crippen molar-refractivity contribution in [2.24, 2.45) is 5.73 Å². The first kappa shape index (κ1) is 13.9. The number of aryl methyl sites for hydroxylation is 1. The third kappa shape index (κ3) is 3.66. The van der Waals surface area contributed by atoms with Gasteiger partial charge in [0.1, 0.15) is 0 Å². The fourth-order valence-corrected chi connectivity index (χ4v) is 1.66. The van der Waals surface area contributed by atoms with Crippen molar-refractivity contribution in [1.82, 2.24) is 9.97 Å². The smallest absolute Gasteiger partial charge is 0.225 e. The molecule has 0 radical (unpaired) electrons. The molecule has 0 bridgehead atoms. The maximum Gasteiger partial charge on any atom is 0.225 e. The van der Waals surface area contributed by atoms with E-state index in [-0.39, 0.29) is 0 Å². The van der Waals surface area contributed by atoms with Crippen LogP contribution in [0, 0.1) is 6.92 Å². The molecule has 0 spiro atoms. The van der Waals surface area contributed by atoms with Crippen molar-refractivity contribution in [1.29, 1.82) is 0 Å². The topological polar surface area (TPSA) is 55.0 Å². The Balaban J connectivity index is 2.96. The second-order valence-electron chi connectivity index (χ2n) is 4.93. The lowest BCUT2D eigenvalue weighted by Crippen LogP contribution is -2.32. The van der Waals surface area contributed by atoms with Crippen molar-refractivity contribution in [2.45, 2.75) is 46.1 Å². The van der Waals surface area contributed by atoms with Crippen LogP contribution in [-0.2, 0) is 0 Å². The van der Waals surface area contributed by atoms with Crippen LogP contribution < -0.4 is 10.6 Å². The number of nitrogens with two attached hydrogens (primary N) is 1. The molecule has 1 unspecified atom stereocenters. The molecular weight excluding hydrogens is 212 g/mol. The van der Waals surface area contributed by atoms with Gasteiger partial charge in [-0.3, -0.25) is 0 Å². The Morgan fingerprint density at radius 3 is 2.47 bits per heavy atom. The highest BCUT2D eigenvalue weighted by Crippen LogP contribution is 2.17. The van der Waals surface area contributed by atoms with Gasteiger partial charge in [-0.2, -0.15) is 0 Å². The number of hydrogen-bond acceptors (Lipinski definition) is 4. The Labute approximate surface area is 104 Å². The lowest BCUT2D eigenvalue weighted by molar-refractivity contribution is 0.618. The van der Waals surface area contributed by atoms with E-state index in [2.05, 4.69) is 41.7 Å². The molecular formula is C13H24N4. The van der Waals surface area contributed by atoms with Crippen molar-refractivity contribution < 1.29 is 0 Å². The van der Waals surface area contributed by atoms with Crippen LogP contribution in [0.15, 0.2) is 6.07 Å². The monoisotopic (exact) mass is 236 g/mol. The minimum absolute atomic E-state index is 0.363. The molecule has 2 N–H and O–H groups in total. The van der Waals surface area contributed by atoms with Crippen molar-refractivity contribution >= 4 is 5.95 Å². The van der Waals surface area contributed by atoms with Crippen LogP contribution >= 0.6 is 0 Å². The fourth-order valence-electron chi connectivity index (χ4n) is 1.66.